The van der Waals surface area contributed by atoms with Crippen molar-refractivity contribution < 1.29 is 9.13 Å². The van der Waals surface area contributed by atoms with Crippen molar-refractivity contribution in [2.75, 3.05) is 18.9 Å². The highest BCUT2D eigenvalue weighted by Crippen LogP contribution is 2.37. The van der Waals surface area contributed by atoms with E-state index in [0.29, 0.717) is 6.61 Å². The van der Waals surface area contributed by atoms with Crippen molar-refractivity contribution in [3.63, 3.8) is 0 Å². The van der Waals surface area contributed by atoms with Gasteiger partial charge >= 0.3 is 0 Å². The summed E-state index contributed by atoms with van der Waals surface area (Å²) in [5, 5.41) is 3.46. The summed E-state index contributed by atoms with van der Waals surface area (Å²) >= 11 is 1.62. The number of ether oxygens (including phenoxy) is 1. The van der Waals surface area contributed by atoms with E-state index in [1.165, 1.54) is 6.07 Å². The summed E-state index contributed by atoms with van der Waals surface area (Å²) in [5.41, 5.74) is 1.09. The molecule has 1 aromatic carbocycles. The molecule has 0 radical (unpaired) electrons. The Kier molecular flexibility index (Phi) is 5.03. The molecule has 0 fully saturated rings. The van der Waals surface area contributed by atoms with Crippen LogP contribution in [0.3, 0.4) is 0 Å². The standard InChI is InChI=1S/C14H20FNOS/c1-10(2)17-8-7-16-13-6-9-18-14-11(13)4-3-5-12(14)15/h3-5,10,13,16H,6-9H2,1-2H3. The third kappa shape index (κ3) is 3.46. The molecule has 18 heavy (non-hydrogen) atoms. The SMILES string of the molecule is CC(C)OCCNC1CCSc2c(F)cccc21. The maximum atomic E-state index is 13.7. The molecule has 1 atom stereocenters. The van der Waals surface area contributed by atoms with E-state index in [9.17, 15) is 4.39 Å². The van der Waals surface area contributed by atoms with Crippen molar-refractivity contribution in [3.05, 3.63) is 29.6 Å². The highest BCUT2D eigenvalue weighted by molar-refractivity contribution is 7.99. The maximum Gasteiger partial charge on any atom is 0.137 e. The lowest BCUT2D eigenvalue weighted by atomic mass is 10.0. The number of hydrogen-bond donors (Lipinski definition) is 1. The third-order valence-electron chi connectivity index (χ3n) is 2.97. The molecule has 2 nitrogen and oxygen atoms in total. The molecule has 1 heterocycles. The zero-order valence-electron chi connectivity index (χ0n) is 10.9. The summed E-state index contributed by atoms with van der Waals surface area (Å²) in [6.45, 7) is 5.57. The van der Waals surface area contributed by atoms with Gasteiger partial charge in [0.15, 0.2) is 0 Å². The molecule has 0 saturated carbocycles. The Balaban J connectivity index is 1.94. The lowest BCUT2D eigenvalue weighted by Gasteiger charge is -2.26. The normalized spacial score (nSPS) is 19.0. The maximum absolute atomic E-state index is 13.7. The number of halogens is 1. The van der Waals surface area contributed by atoms with Gasteiger partial charge in [-0.2, -0.15) is 0 Å². The number of fused-ring (bicyclic) bond motifs is 1. The van der Waals surface area contributed by atoms with Gasteiger partial charge in [-0.3, -0.25) is 0 Å². The van der Waals surface area contributed by atoms with E-state index in [1.807, 2.05) is 19.9 Å². The van der Waals surface area contributed by atoms with E-state index in [0.717, 1.165) is 29.2 Å². The lowest BCUT2D eigenvalue weighted by molar-refractivity contribution is 0.0792. The number of nitrogens with one attached hydrogen (secondary N) is 1. The minimum atomic E-state index is -0.0950. The summed E-state index contributed by atoms with van der Waals surface area (Å²) in [5.74, 6) is 0.874. The Morgan fingerprint density at radius 2 is 2.33 bits per heavy atom. The fourth-order valence-corrected chi connectivity index (χ4v) is 3.27. The van der Waals surface area contributed by atoms with Gasteiger partial charge in [0.05, 0.1) is 12.7 Å². The average molecular weight is 269 g/mol. The van der Waals surface area contributed by atoms with Crippen molar-refractivity contribution in [1.29, 1.82) is 0 Å². The molecule has 2 rings (SSSR count). The van der Waals surface area contributed by atoms with Crippen LogP contribution >= 0.6 is 11.8 Å². The van der Waals surface area contributed by atoms with Gasteiger partial charge in [0.2, 0.25) is 0 Å². The molecule has 1 aliphatic heterocycles. The second kappa shape index (κ2) is 6.55. The zero-order valence-corrected chi connectivity index (χ0v) is 11.7. The summed E-state index contributed by atoms with van der Waals surface area (Å²) in [6, 6.07) is 5.61. The topological polar surface area (TPSA) is 21.3 Å². The molecule has 1 N–H and O–H groups in total. The van der Waals surface area contributed by atoms with Crippen LogP contribution in [0.2, 0.25) is 0 Å². The molecule has 0 saturated heterocycles. The minimum Gasteiger partial charge on any atom is -0.377 e. The van der Waals surface area contributed by atoms with E-state index in [4.69, 9.17) is 4.74 Å². The fraction of sp³-hybridized carbons (Fsp3) is 0.571. The molecule has 0 bridgehead atoms. The second-order valence-electron chi connectivity index (χ2n) is 4.72. The Labute approximate surface area is 112 Å². The Bertz CT molecular complexity index is 397. The number of thioether (sulfide) groups is 1. The lowest BCUT2D eigenvalue weighted by Crippen LogP contribution is -2.28. The summed E-state index contributed by atoms with van der Waals surface area (Å²) in [6.07, 6.45) is 1.31. The molecule has 0 spiro atoms. The van der Waals surface area contributed by atoms with Crippen LogP contribution in [-0.2, 0) is 4.74 Å². The molecule has 4 heteroatoms. The Morgan fingerprint density at radius 1 is 1.50 bits per heavy atom. The molecule has 0 aliphatic carbocycles. The van der Waals surface area contributed by atoms with E-state index < -0.39 is 0 Å². The van der Waals surface area contributed by atoms with Crippen LogP contribution in [0.1, 0.15) is 31.9 Å². The van der Waals surface area contributed by atoms with Crippen molar-refractivity contribution >= 4 is 11.8 Å². The van der Waals surface area contributed by atoms with Gasteiger partial charge in [-0.05, 0) is 37.7 Å². The van der Waals surface area contributed by atoms with Gasteiger partial charge in [0.1, 0.15) is 5.82 Å². The second-order valence-corrected chi connectivity index (χ2v) is 5.83. The van der Waals surface area contributed by atoms with E-state index in [-0.39, 0.29) is 18.0 Å². The van der Waals surface area contributed by atoms with Gasteiger partial charge in [-0.25, -0.2) is 4.39 Å². The first-order valence-corrected chi connectivity index (χ1v) is 7.43. The van der Waals surface area contributed by atoms with Crippen LogP contribution < -0.4 is 5.32 Å². The first kappa shape index (κ1) is 13.8. The molecule has 1 aliphatic rings. The van der Waals surface area contributed by atoms with E-state index in [2.05, 4.69) is 5.32 Å². The van der Waals surface area contributed by atoms with Crippen LogP contribution in [0.5, 0.6) is 0 Å². The average Bonchev–Trinajstić information content (AvgIpc) is 2.35. The predicted octanol–water partition coefficient (Wildman–Crippen LogP) is 3.38. The number of benzene rings is 1. The van der Waals surface area contributed by atoms with Gasteiger partial charge in [-0.15, -0.1) is 11.8 Å². The Morgan fingerprint density at radius 3 is 3.11 bits per heavy atom. The van der Waals surface area contributed by atoms with Crippen LogP contribution in [0.25, 0.3) is 0 Å². The third-order valence-corrected chi connectivity index (χ3v) is 4.13. The molecule has 0 aromatic heterocycles. The first-order chi connectivity index (χ1) is 8.68. The molecule has 1 unspecified atom stereocenters. The smallest absolute Gasteiger partial charge is 0.137 e. The highest BCUT2D eigenvalue weighted by atomic mass is 32.2. The van der Waals surface area contributed by atoms with Crippen LogP contribution in [0.15, 0.2) is 23.1 Å². The first-order valence-electron chi connectivity index (χ1n) is 6.44. The van der Waals surface area contributed by atoms with E-state index in [1.54, 1.807) is 17.8 Å². The van der Waals surface area contributed by atoms with Crippen LogP contribution in [0.4, 0.5) is 4.39 Å². The van der Waals surface area contributed by atoms with Crippen molar-refractivity contribution in [2.45, 2.75) is 37.3 Å². The van der Waals surface area contributed by atoms with Crippen LogP contribution in [0, 0.1) is 5.82 Å². The predicted molar refractivity (Wildman–Crippen MR) is 73.6 cm³/mol. The van der Waals surface area contributed by atoms with Gasteiger partial charge < -0.3 is 10.1 Å². The Hall–Kier alpha value is -0.580. The zero-order chi connectivity index (χ0) is 13.0. The summed E-state index contributed by atoms with van der Waals surface area (Å²) in [4.78, 5) is 0.811. The summed E-state index contributed by atoms with van der Waals surface area (Å²) in [7, 11) is 0. The summed E-state index contributed by atoms with van der Waals surface area (Å²) < 4.78 is 19.2. The van der Waals surface area contributed by atoms with Gasteiger partial charge in [0, 0.05) is 17.5 Å². The van der Waals surface area contributed by atoms with E-state index >= 15 is 0 Å². The number of hydrogen-bond acceptors (Lipinski definition) is 3. The quantitative estimate of drug-likeness (QED) is 0.828. The molecule has 1 aromatic rings. The highest BCUT2D eigenvalue weighted by Gasteiger charge is 2.22. The molecular formula is C14H20FNOS. The van der Waals surface area contributed by atoms with Crippen LogP contribution in [-0.4, -0.2) is 25.0 Å². The molecule has 100 valence electrons. The molecular weight excluding hydrogens is 249 g/mol. The van der Waals surface area contributed by atoms with Gasteiger partial charge in [-0.1, -0.05) is 12.1 Å². The number of rotatable bonds is 5. The monoisotopic (exact) mass is 269 g/mol. The van der Waals surface area contributed by atoms with Crippen molar-refractivity contribution in [3.8, 4) is 0 Å². The minimum absolute atomic E-state index is 0.0950. The fourth-order valence-electron chi connectivity index (χ4n) is 2.13. The largest absolute Gasteiger partial charge is 0.377 e. The van der Waals surface area contributed by atoms with Gasteiger partial charge in [0.25, 0.3) is 0 Å². The van der Waals surface area contributed by atoms with Crippen molar-refractivity contribution in [1.82, 2.24) is 5.32 Å². The molecule has 0 amide bonds. The van der Waals surface area contributed by atoms with Crippen molar-refractivity contribution in [2.24, 2.45) is 0 Å².